The number of rotatable bonds is 5. The number of fused-ring (bicyclic) bond motifs is 2. The molecule has 3 aliphatic rings. The van der Waals surface area contributed by atoms with Crippen LogP contribution in [0.3, 0.4) is 0 Å². The highest BCUT2D eigenvalue weighted by atomic mass is 32.2. The molecule has 3 unspecified atom stereocenters. The lowest BCUT2D eigenvalue weighted by Gasteiger charge is -2.41. The van der Waals surface area contributed by atoms with Gasteiger partial charge in [-0.15, -0.1) is 0 Å². The van der Waals surface area contributed by atoms with E-state index in [0.29, 0.717) is 4.75 Å². The van der Waals surface area contributed by atoms with E-state index >= 15 is 0 Å². The molecule has 3 atom stereocenters. The lowest BCUT2D eigenvalue weighted by molar-refractivity contribution is 0.325. The summed E-state index contributed by atoms with van der Waals surface area (Å²) in [5, 5.41) is 3.75. The summed E-state index contributed by atoms with van der Waals surface area (Å²) in [4.78, 5) is 0. The molecule has 0 aliphatic heterocycles. The highest BCUT2D eigenvalue weighted by Crippen LogP contribution is 2.44. The summed E-state index contributed by atoms with van der Waals surface area (Å²) in [5.41, 5.74) is 0. The monoisotopic (exact) mass is 237 g/mol. The van der Waals surface area contributed by atoms with Gasteiger partial charge in [0.05, 0.1) is 0 Å². The Kier molecular flexibility index (Phi) is 3.05. The molecular weight excluding hydrogens is 214 g/mol. The van der Waals surface area contributed by atoms with Crippen molar-refractivity contribution in [2.45, 2.75) is 36.9 Å². The molecule has 0 saturated heterocycles. The van der Waals surface area contributed by atoms with E-state index in [1.54, 1.807) is 0 Å². The molecule has 2 bridgehead atoms. The fourth-order valence-corrected chi connectivity index (χ4v) is 4.58. The molecule has 0 aromatic heterocycles. The van der Waals surface area contributed by atoms with E-state index in [9.17, 15) is 0 Å². The Bertz CT molecular complexity index is 277. The fourth-order valence-electron chi connectivity index (χ4n) is 3.64. The maximum Gasteiger partial charge on any atom is 0.0281 e. The van der Waals surface area contributed by atoms with E-state index in [1.807, 2.05) is 0 Å². The van der Waals surface area contributed by atoms with Gasteiger partial charge < -0.3 is 5.32 Å². The van der Waals surface area contributed by atoms with Crippen LogP contribution in [-0.4, -0.2) is 24.1 Å². The molecule has 1 nitrogen and oxygen atoms in total. The maximum atomic E-state index is 3.75. The van der Waals surface area contributed by atoms with Gasteiger partial charge in [0.2, 0.25) is 0 Å². The third kappa shape index (κ3) is 1.95. The molecule has 0 radical (unpaired) electrons. The second kappa shape index (κ2) is 4.38. The SMILES string of the molecule is CSC1(CNCC2CC3C=CC2C3)CCC1. The summed E-state index contributed by atoms with van der Waals surface area (Å²) >= 11 is 2.08. The van der Waals surface area contributed by atoms with Crippen molar-refractivity contribution in [1.82, 2.24) is 5.32 Å². The molecule has 3 rings (SSSR count). The fraction of sp³-hybridized carbons (Fsp3) is 0.857. The van der Waals surface area contributed by atoms with E-state index in [0.717, 1.165) is 17.8 Å². The predicted octanol–water partition coefficient (Wildman–Crippen LogP) is 3.07. The summed E-state index contributed by atoms with van der Waals surface area (Å²) in [6.07, 6.45) is 14.4. The second-order valence-corrected chi connectivity index (χ2v) is 7.19. The number of thioether (sulfide) groups is 1. The summed E-state index contributed by atoms with van der Waals surface area (Å²) in [6.45, 7) is 2.50. The molecule has 0 aromatic rings. The summed E-state index contributed by atoms with van der Waals surface area (Å²) in [7, 11) is 0. The number of hydrogen-bond donors (Lipinski definition) is 1. The van der Waals surface area contributed by atoms with Gasteiger partial charge in [0.1, 0.15) is 0 Å². The van der Waals surface area contributed by atoms with Gasteiger partial charge >= 0.3 is 0 Å². The molecule has 0 aromatic carbocycles. The first-order chi connectivity index (χ1) is 7.81. The highest BCUT2D eigenvalue weighted by molar-refractivity contribution is 8.00. The minimum Gasteiger partial charge on any atom is -0.315 e. The Morgan fingerprint density at radius 3 is 2.69 bits per heavy atom. The van der Waals surface area contributed by atoms with Gasteiger partial charge in [-0.05, 0) is 56.2 Å². The van der Waals surface area contributed by atoms with Crippen LogP contribution in [0, 0.1) is 17.8 Å². The molecule has 0 amide bonds. The highest BCUT2D eigenvalue weighted by Gasteiger charge is 2.38. The molecule has 0 heterocycles. The Hall–Kier alpha value is 0.0500. The van der Waals surface area contributed by atoms with Crippen LogP contribution in [0.4, 0.5) is 0 Å². The van der Waals surface area contributed by atoms with Crippen LogP contribution < -0.4 is 5.32 Å². The minimum atomic E-state index is 0.605. The molecule has 2 heteroatoms. The van der Waals surface area contributed by atoms with Crippen LogP contribution in [0.5, 0.6) is 0 Å². The average molecular weight is 237 g/mol. The largest absolute Gasteiger partial charge is 0.315 e. The Balaban J connectivity index is 1.42. The van der Waals surface area contributed by atoms with Crippen LogP contribution in [0.25, 0.3) is 0 Å². The molecular formula is C14H23NS. The van der Waals surface area contributed by atoms with Crippen LogP contribution in [0.1, 0.15) is 32.1 Å². The standard InChI is InChI=1S/C14H23NS/c1-16-14(5-2-6-14)10-15-9-13-8-11-3-4-12(13)7-11/h3-4,11-13,15H,2,5-10H2,1H3. The van der Waals surface area contributed by atoms with Crippen molar-refractivity contribution in [3.8, 4) is 0 Å². The van der Waals surface area contributed by atoms with E-state index < -0.39 is 0 Å². The Labute approximate surface area is 103 Å². The van der Waals surface area contributed by atoms with Crippen molar-refractivity contribution in [3.63, 3.8) is 0 Å². The number of hydrogen-bond acceptors (Lipinski definition) is 2. The van der Waals surface area contributed by atoms with Crippen molar-refractivity contribution in [3.05, 3.63) is 12.2 Å². The van der Waals surface area contributed by atoms with E-state index in [4.69, 9.17) is 0 Å². The maximum absolute atomic E-state index is 3.75. The first kappa shape index (κ1) is 11.2. The van der Waals surface area contributed by atoms with Crippen LogP contribution in [0.2, 0.25) is 0 Å². The van der Waals surface area contributed by atoms with Crippen molar-refractivity contribution in [2.24, 2.45) is 17.8 Å². The van der Waals surface area contributed by atoms with Gasteiger partial charge in [-0.2, -0.15) is 11.8 Å². The zero-order valence-corrected chi connectivity index (χ0v) is 11.1. The van der Waals surface area contributed by atoms with Gasteiger partial charge in [0.15, 0.2) is 0 Å². The quantitative estimate of drug-likeness (QED) is 0.738. The third-order valence-corrected chi connectivity index (χ3v) is 6.39. The zero-order chi connectivity index (χ0) is 11.0. The molecule has 1 N–H and O–H groups in total. The molecule has 2 saturated carbocycles. The van der Waals surface area contributed by atoms with Crippen molar-refractivity contribution in [2.75, 3.05) is 19.3 Å². The summed E-state index contributed by atoms with van der Waals surface area (Å²) < 4.78 is 0.605. The molecule has 90 valence electrons. The van der Waals surface area contributed by atoms with Crippen LogP contribution in [0.15, 0.2) is 12.2 Å². The average Bonchev–Trinajstić information content (AvgIpc) is 2.83. The van der Waals surface area contributed by atoms with Crippen LogP contribution in [-0.2, 0) is 0 Å². The molecule has 2 fully saturated rings. The molecule has 16 heavy (non-hydrogen) atoms. The van der Waals surface area contributed by atoms with Crippen molar-refractivity contribution < 1.29 is 0 Å². The second-order valence-electron chi connectivity index (χ2n) is 5.91. The number of allylic oxidation sites excluding steroid dienone is 2. The predicted molar refractivity (Wildman–Crippen MR) is 71.8 cm³/mol. The Morgan fingerprint density at radius 2 is 2.19 bits per heavy atom. The van der Waals surface area contributed by atoms with E-state index in [2.05, 4.69) is 35.5 Å². The summed E-state index contributed by atoms with van der Waals surface area (Å²) in [6, 6.07) is 0. The Morgan fingerprint density at radius 1 is 1.31 bits per heavy atom. The first-order valence-electron chi connectivity index (χ1n) is 6.75. The lowest BCUT2D eigenvalue weighted by Crippen LogP contribution is -2.44. The van der Waals surface area contributed by atoms with Gasteiger partial charge in [-0.25, -0.2) is 0 Å². The summed E-state index contributed by atoms with van der Waals surface area (Å²) in [5.74, 6) is 2.77. The van der Waals surface area contributed by atoms with Gasteiger partial charge in [0, 0.05) is 11.3 Å². The zero-order valence-electron chi connectivity index (χ0n) is 10.2. The van der Waals surface area contributed by atoms with E-state index in [1.165, 1.54) is 45.2 Å². The van der Waals surface area contributed by atoms with Gasteiger partial charge in [-0.3, -0.25) is 0 Å². The van der Waals surface area contributed by atoms with Crippen molar-refractivity contribution in [1.29, 1.82) is 0 Å². The smallest absolute Gasteiger partial charge is 0.0281 e. The van der Waals surface area contributed by atoms with Crippen molar-refractivity contribution >= 4 is 11.8 Å². The minimum absolute atomic E-state index is 0.605. The number of nitrogens with one attached hydrogen (secondary N) is 1. The van der Waals surface area contributed by atoms with Gasteiger partial charge in [0.25, 0.3) is 0 Å². The van der Waals surface area contributed by atoms with E-state index in [-0.39, 0.29) is 0 Å². The van der Waals surface area contributed by atoms with Gasteiger partial charge in [-0.1, -0.05) is 18.6 Å². The first-order valence-corrected chi connectivity index (χ1v) is 7.98. The molecule has 0 spiro atoms. The third-order valence-electron chi connectivity index (χ3n) is 4.97. The van der Waals surface area contributed by atoms with Crippen LogP contribution >= 0.6 is 11.8 Å². The normalized spacial score (nSPS) is 38.9. The topological polar surface area (TPSA) is 12.0 Å². The lowest BCUT2D eigenvalue weighted by atomic mass is 9.84. The molecule has 3 aliphatic carbocycles.